The highest BCUT2D eigenvalue weighted by atomic mass is 32.2. The van der Waals surface area contributed by atoms with Crippen LogP contribution in [0.2, 0.25) is 0 Å². The van der Waals surface area contributed by atoms with Crippen molar-refractivity contribution in [3.8, 4) is 22.3 Å². The van der Waals surface area contributed by atoms with E-state index < -0.39 is 30.3 Å². The predicted molar refractivity (Wildman–Crippen MR) is 157 cm³/mol. The van der Waals surface area contributed by atoms with E-state index in [0.717, 1.165) is 45.0 Å². The minimum atomic E-state index is -3.50. The maximum Gasteiger partial charge on any atom is 0.316 e. The van der Waals surface area contributed by atoms with Crippen LogP contribution < -0.4 is 0 Å². The van der Waals surface area contributed by atoms with Crippen molar-refractivity contribution in [2.75, 3.05) is 19.6 Å². The quantitative estimate of drug-likeness (QED) is 0.267. The smallest absolute Gasteiger partial charge is 0.316 e. The summed E-state index contributed by atoms with van der Waals surface area (Å²) in [6.45, 7) is 1.70. The van der Waals surface area contributed by atoms with Gasteiger partial charge in [0.25, 0.3) is 0 Å². The van der Waals surface area contributed by atoms with Crippen LogP contribution in [0.4, 0.5) is 0 Å². The molecule has 0 spiro atoms. The number of nitrogens with zero attached hydrogens (tertiary/aromatic N) is 1. The molecule has 3 aromatic carbocycles. The topological polar surface area (TPSA) is 107 Å². The lowest BCUT2D eigenvalue weighted by Gasteiger charge is -2.19. The fourth-order valence-corrected chi connectivity index (χ4v) is 6.39. The van der Waals surface area contributed by atoms with Crippen LogP contribution in [0.25, 0.3) is 33.2 Å². The first-order valence-corrected chi connectivity index (χ1v) is 16.8. The van der Waals surface area contributed by atoms with Crippen molar-refractivity contribution in [3.05, 3.63) is 84.1 Å². The Kier molecular flexibility index (Phi) is 7.08. The molecule has 1 heterocycles. The molecule has 1 fully saturated rings. The molecule has 0 aliphatic heterocycles. The molecule has 7 nitrogen and oxygen atoms in total. The molecule has 208 valence electrons. The van der Waals surface area contributed by atoms with E-state index in [1.54, 1.807) is 31.3 Å². The van der Waals surface area contributed by atoms with E-state index in [-0.39, 0.29) is 10.9 Å². The number of carbonyl (C=O) groups excluding carboxylic acids is 1. The van der Waals surface area contributed by atoms with Crippen molar-refractivity contribution in [1.82, 2.24) is 4.98 Å². The Labute approximate surface area is 235 Å². The Balaban J connectivity index is 1.70. The third-order valence-corrected chi connectivity index (χ3v) is 10.5. The Bertz CT molecular complexity index is 1860. The number of methoxy groups -OCH3 is 1. The standard InChI is InChI=1S/C31H31NO6S2/c1-20(39(3,34)35)15-21-16-24-9-6-14-32-29(24)27(17-21)23-8-5-7-22(18-23)26-19-25(40(4,36)37)10-11-28(26)31(12-13-31)30(33)38-2/h5-11,14,16-20H,12-13,15H2,1-4H3. The van der Waals surface area contributed by atoms with Crippen LogP contribution in [0.15, 0.2) is 77.8 Å². The summed E-state index contributed by atoms with van der Waals surface area (Å²) >= 11 is 0. The number of hydrogen-bond acceptors (Lipinski definition) is 7. The van der Waals surface area contributed by atoms with Gasteiger partial charge in [0.05, 0.1) is 28.2 Å². The van der Waals surface area contributed by atoms with Gasteiger partial charge in [0.1, 0.15) is 9.84 Å². The molecule has 1 unspecified atom stereocenters. The molecule has 0 N–H and O–H groups in total. The molecule has 1 aliphatic carbocycles. The van der Waals surface area contributed by atoms with Crippen LogP contribution in [0.5, 0.6) is 0 Å². The number of pyridine rings is 1. The SMILES string of the molecule is COC(=O)C1(c2ccc(S(C)(=O)=O)cc2-c2cccc(-c3cc(CC(C)S(C)(=O)=O)cc4cccnc34)c2)CC1. The normalized spacial score (nSPS) is 15.5. The largest absolute Gasteiger partial charge is 0.468 e. The van der Waals surface area contributed by atoms with Crippen molar-refractivity contribution in [2.24, 2.45) is 0 Å². The van der Waals surface area contributed by atoms with Crippen molar-refractivity contribution in [3.63, 3.8) is 0 Å². The number of fused-ring (bicyclic) bond motifs is 1. The van der Waals surface area contributed by atoms with Gasteiger partial charge in [-0.2, -0.15) is 0 Å². The molecule has 1 aliphatic rings. The van der Waals surface area contributed by atoms with Gasteiger partial charge >= 0.3 is 5.97 Å². The second-order valence-electron chi connectivity index (χ2n) is 10.7. The second-order valence-corrected chi connectivity index (χ2v) is 15.2. The molecular formula is C31H31NO6S2. The molecule has 40 heavy (non-hydrogen) atoms. The van der Waals surface area contributed by atoms with E-state index >= 15 is 0 Å². The zero-order valence-corrected chi connectivity index (χ0v) is 24.5. The molecule has 1 aromatic heterocycles. The predicted octanol–water partition coefficient (Wildman–Crippen LogP) is 5.15. The van der Waals surface area contributed by atoms with Crippen molar-refractivity contribution < 1.29 is 26.4 Å². The summed E-state index contributed by atoms with van der Waals surface area (Å²) in [6, 6.07) is 20.3. The van der Waals surface area contributed by atoms with Crippen LogP contribution >= 0.6 is 0 Å². The maximum atomic E-state index is 12.8. The van der Waals surface area contributed by atoms with E-state index in [1.807, 2.05) is 48.5 Å². The first-order chi connectivity index (χ1) is 18.8. The molecule has 0 amide bonds. The van der Waals surface area contributed by atoms with Gasteiger partial charge in [0.2, 0.25) is 0 Å². The highest BCUT2D eigenvalue weighted by Gasteiger charge is 2.53. The summed E-state index contributed by atoms with van der Waals surface area (Å²) in [4.78, 5) is 17.6. The lowest BCUT2D eigenvalue weighted by molar-refractivity contribution is -0.143. The molecule has 0 radical (unpaired) electrons. The van der Waals surface area contributed by atoms with Crippen molar-refractivity contribution >= 4 is 36.5 Å². The minimum absolute atomic E-state index is 0.168. The molecular weight excluding hydrogens is 546 g/mol. The van der Waals surface area contributed by atoms with Gasteiger partial charge in [-0.3, -0.25) is 9.78 Å². The molecule has 9 heteroatoms. The summed E-state index contributed by atoms with van der Waals surface area (Å²) in [5.41, 5.74) is 4.68. The number of hydrogen-bond donors (Lipinski definition) is 0. The van der Waals surface area contributed by atoms with E-state index in [2.05, 4.69) is 4.98 Å². The van der Waals surface area contributed by atoms with Crippen LogP contribution in [-0.2, 0) is 41.0 Å². The first kappa shape index (κ1) is 28.0. The zero-order chi connectivity index (χ0) is 28.9. The van der Waals surface area contributed by atoms with Crippen LogP contribution in [0.3, 0.4) is 0 Å². The van der Waals surface area contributed by atoms with Crippen LogP contribution in [-0.4, -0.2) is 52.7 Å². The number of benzene rings is 3. The summed E-state index contributed by atoms with van der Waals surface area (Å²) in [5, 5.41) is 0.346. The summed E-state index contributed by atoms with van der Waals surface area (Å²) in [5.74, 6) is -0.333. The monoisotopic (exact) mass is 577 g/mol. The third-order valence-electron chi connectivity index (χ3n) is 7.76. The van der Waals surface area contributed by atoms with Gasteiger partial charge < -0.3 is 4.74 Å². The number of esters is 1. The summed E-state index contributed by atoms with van der Waals surface area (Å²) in [7, 11) is -5.35. The van der Waals surface area contributed by atoms with E-state index in [4.69, 9.17) is 4.74 Å². The Hall–Kier alpha value is -3.56. The Morgan fingerprint density at radius 3 is 2.25 bits per heavy atom. The zero-order valence-electron chi connectivity index (χ0n) is 22.8. The molecule has 0 bridgehead atoms. The van der Waals surface area contributed by atoms with Gasteiger partial charge in [0.15, 0.2) is 9.84 Å². The summed E-state index contributed by atoms with van der Waals surface area (Å²) in [6.07, 6.45) is 5.73. The minimum Gasteiger partial charge on any atom is -0.468 e. The molecule has 0 saturated heterocycles. The fraction of sp³-hybridized carbons (Fsp3) is 0.290. The van der Waals surface area contributed by atoms with E-state index in [0.29, 0.717) is 24.8 Å². The Morgan fingerprint density at radius 1 is 0.925 bits per heavy atom. The molecule has 1 saturated carbocycles. The average molecular weight is 578 g/mol. The van der Waals surface area contributed by atoms with Crippen LogP contribution in [0, 0.1) is 0 Å². The van der Waals surface area contributed by atoms with E-state index in [1.165, 1.54) is 13.4 Å². The van der Waals surface area contributed by atoms with E-state index in [9.17, 15) is 21.6 Å². The fourth-order valence-electron chi connectivity index (χ4n) is 5.24. The number of rotatable bonds is 8. The second kappa shape index (κ2) is 10.1. The highest BCUT2D eigenvalue weighted by molar-refractivity contribution is 7.91. The van der Waals surface area contributed by atoms with Crippen molar-refractivity contribution in [2.45, 2.75) is 41.7 Å². The highest BCUT2D eigenvalue weighted by Crippen LogP contribution is 2.52. The molecule has 1 atom stereocenters. The maximum absolute atomic E-state index is 12.8. The number of ether oxygens (including phenoxy) is 1. The van der Waals surface area contributed by atoms with Crippen molar-refractivity contribution in [1.29, 1.82) is 0 Å². The first-order valence-electron chi connectivity index (χ1n) is 12.9. The van der Waals surface area contributed by atoms with Crippen LogP contribution in [0.1, 0.15) is 30.9 Å². The molecule has 4 aromatic rings. The lowest BCUT2D eigenvalue weighted by atomic mass is 9.87. The van der Waals surface area contributed by atoms with Gasteiger partial charge in [0, 0.05) is 29.7 Å². The number of sulfone groups is 2. The number of carbonyl (C=O) groups is 1. The van der Waals surface area contributed by atoms with Gasteiger partial charge in [-0.05, 0) is 90.4 Å². The average Bonchev–Trinajstić information content (AvgIpc) is 3.73. The third kappa shape index (κ3) is 5.28. The van der Waals surface area contributed by atoms with Gasteiger partial charge in [-0.15, -0.1) is 0 Å². The number of aromatic nitrogens is 1. The summed E-state index contributed by atoms with van der Waals surface area (Å²) < 4.78 is 54.4. The van der Waals surface area contributed by atoms with Gasteiger partial charge in [-0.1, -0.05) is 30.3 Å². The molecule has 5 rings (SSSR count). The van der Waals surface area contributed by atoms with Gasteiger partial charge in [-0.25, -0.2) is 16.8 Å². The lowest BCUT2D eigenvalue weighted by Crippen LogP contribution is -2.23. The Morgan fingerprint density at radius 2 is 1.62 bits per heavy atom.